The monoisotopic (exact) mass is 399 g/mol. The summed E-state index contributed by atoms with van der Waals surface area (Å²) < 4.78 is 21.5. The Labute approximate surface area is 172 Å². The van der Waals surface area contributed by atoms with Crippen LogP contribution in [0.2, 0.25) is 0 Å². The summed E-state index contributed by atoms with van der Waals surface area (Å²) in [5.41, 5.74) is 1.65. The Morgan fingerprint density at radius 1 is 1.03 bits per heavy atom. The lowest BCUT2D eigenvalue weighted by atomic mass is 10.2. The number of para-hydroxylation sites is 1. The molecule has 0 aliphatic carbocycles. The fourth-order valence-corrected chi connectivity index (χ4v) is 2.78. The largest absolute Gasteiger partial charge is 0.488 e. The van der Waals surface area contributed by atoms with Crippen molar-refractivity contribution in [2.45, 2.75) is 33.0 Å². The molecule has 0 unspecified atom stereocenters. The van der Waals surface area contributed by atoms with E-state index in [1.165, 1.54) is 0 Å². The second-order valence-electron chi connectivity index (χ2n) is 6.26. The molecule has 0 saturated carbocycles. The third-order valence-corrected chi connectivity index (χ3v) is 4.25. The van der Waals surface area contributed by atoms with E-state index in [4.69, 9.17) is 18.9 Å². The van der Waals surface area contributed by atoms with Crippen LogP contribution >= 0.6 is 0 Å². The first kappa shape index (κ1) is 22.5. The van der Waals surface area contributed by atoms with E-state index in [1.54, 1.807) is 43.4 Å². The molecule has 0 spiro atoms. The van der Waals surface area contributed by atoms with Gasteiger partial charge in [-0.25, -0.2) is 4.79 Å². The maximum atomic E-state index is 13.0. The molecular weight excluding hydrogens is 370 g/mol. The number of carbonyl (C=O) groups is 1. The second kappa shape index (κ2) is 11.9. The molecule has 6 heteroatoms. The first-order valence-electron chi connectivity index (χ1n) is 9.63. The van der Waals surface area contributed by atoms with Crippen LogP contribution in [-0.2, 0) is 9.47 Å². The molecule has 0 radical (unpaired) electrons. The highest BCUT2D eigenvalue weighted by molar-refractivity contribution is 5.92. The van der Waals surface area contributed by atoms with E-state index in [9.17, 15) is 4.79 Å². The number of anilines is 1. The molecule has 2 aromatic carbocycles. The second-order valence-corrected chi connectivity index (χ2v) is 6.26. The fourth-order valence-electron chi connectivity index (χ4n) is 2.78. The van der Waals surface area contributed by atoms with Crippen molar-refractivity contribution in [2.75, 3.05) is 25.7 Å². The molecule has 29 heavy (non-hydrogen) atoms. The summed E-state index contributed by atoms with van der Waals surface area (Å²) in [4.78, 5) is 14.6. The molecule has 1 amide bonds. The van der Waals surface area contributed by atoms with Gasteiger partial charge in [0.1, 0.15) is 18.1 Å². The van der Waals surface area contributed by atoms with E-state index in [1.807, 2.05) is 43.3 Å². The standard InChI is InChI=1S/C23H29NO5/c1-5-11-18(6-2)24(19-12-8-7-9-13-19)23(25)29-21-15-10-14-20(16-21)28-17-22(26-3)27-4/h6-10,12-16,22H,5,11,17H2,1-4H3. The smallest absolute Gasteiger partial charge is 0.424 e. The van der Waals surface area contributed by atoms with Crippen LogP contribution < -0.4 is 14.4 Å². The van der Waals surface area contributed by atoms with Crippen molar-refractivity contribution in [2.24, 2.45) is 0 Å². The Morgan fingerprint density at radius 3 is 2.34 bits per heavy atom. The quantitative estimate of drug-likeness (QED) is 0.501. The van der Waals surface area contributed by atoms with Crippen LogP contribution in [0.5, 0.6) is 11.5 Å². The Hall–Kier alpha value is -2.83. The molecule has 0 aliphatic rings. The molecule has 156 valence electrons. The number of nitrogens with zero attached hydrogens (tertiary/aromatic N) is 1. The number of hydrogen-bond donors (Lipinski definition) is 0. The predicted octanol–water partition coefficient (Wildman–Crippen LogP) is 5.39. The first-order chi connectivity index (χ1) is 14.1. The summed E-state index contributed by atoms with van der Waals surface area (Å²) in [6, 6.07) is 16.4. The average molecular weight is 399 g/mol. The Balaban J connectivity index is 2.18. The number of hydrogen-bond acceptors (Lipinski definition) is 5. The molecule has 0 aliphatic heterocycles. The van der Waals surface area contributed by atoms with Crippen molar-refractivity contribution in [1.82, 2.24) is 0 Å². The van der Waals surface area contributed by atoms with E-state index >= 15 is 0 Å². The van der Waals surface area contributed by atoms with Gasteiger partial charge in [-0.3, -0.25) is 4.90 Å². The van der Waals surface area contributed by atoms with E-state index in [-0.39, 0.29) is 6.61 Å². The molecule has 2 rings (SSSR count). The zero-order valence-electron chi connectivity index (χ0n) is 17.5. The van der Waals surface area contributed by atoms with Crippen LogP contribution in [0.3, 0.4) is 0 Å². The van der Waals surface area contributed by atoms with Crippen LogP contribution in [0, 0.1) is 0 Å². The lowest BCUT2D eigenvalue weighted by Crippen LogP contribution is -2.33. The Bertz CT molecular complexity index is 787. The number of amides is 1. The lowest BCUT2D eigenvalue weighted by molar-refractivity contribution is -0.121. The molecule has 0 heterocycles. The topological polar surface area (TPSA) is 57.2 Å². The maximum absolute atomic E-state index is 13.0. The summed E-state index contributed by atoms with van der Waals surface area (Å²) >= 11 is 0. The van der Waals surface area contributed by atoms with Gasteiger partial charge in [-0.2, -0.15) is 0 Å². The number of methoxy groups -OCH3 is 2. The lowest BCUT2D eigenvalue weighted by Gasteiger charge is -2.25. The van der Waals surface area contributed by atoms with Crippen molar-refractivity contribution < 1.29 is 23.7 Å². The zero-order chi connectivity index (χ0) is 21.1. The van der Waals surface area contributed by atoms with Gasteiger partial charge in [0.05, 0.1) is 5.69 Å². The molecule has 0 N–H and O–H groups in total. The molecule has 6 nitrogen and oxygen atoms in total. The van der Waals surface area contributed by atoms with Gasteiger partial charge < -0.3 is 18.9 Å². The third kappa shape index (κ3) is 6.62. The highest BCUT2D eigenvalue weighted by Crippen LogP contribution is 2.26. The van der Waals surface area contributed by atoms with Crippen LogP contribution in [0.1, 0.15) is 26.7 Å². The van der Waals surface area contributed by atoms with Gasteiger partial charge in [-0.1, -0.05) is 43.7 Å². The minimum atomic E-state index is -0.471. The van der Waals surface area contributed by atoms with Gasteiger partial charge in [0.25, 0.3) is 0 Å². The Morgan fingerprint density at radius 2 is 1.72 bits per heavy atom. The van der Waals surface area contributed by atoms with E-state index in [0.717, 1.165) is 24.2 Å². The van der Waals surface area contributed by atoms with Crippen molar-refractivity contribution in [3.8, 4) is 11.5 Å². The van der Waals surface area contributed by atoms with Gasteiger partial charge in [0.15, 0.2) is 6.29 Å². The Kier molecular flexibility index (Phi) is 9.21. The highest BCUT2D eigenvalue weighted by atomic mass is 16.7. The van der Waals surface area contributed by atoms with E-state index in [2.05, 4.69) is 6.92 Å². The summed E-state index contributed by atoms with van der Waals surface area (Å²) in [7, 11) is 3.09. The van der Waals surface area contributed by atoms with Crippen LogP contribution in [0.4, 0.5) is 10.5 Å². The van der Waals surface area contributed by atoms with Crippen molar-refractivity contribution in [3.63, 3.8) is 0 Å². The maximum Gasteiger partial charge on any atom is 0.424 e. The van der Waals surface area contributed by atoms with Gasteiger partial charge in [-0.15, -0.1) is 0 Å². The average Bonchev–Trinajstić information content (AvgIpc) is 2.75. The third-order valence-electron chi connectivity index (χ3n) is 4.25. The van der Waals surface area contributed by atoms with Gasteiger partial charge in [0.2, 0.25) is 0 Å². The highest BCUT2D eigenvalue weighted by Gasteiger charge is 2.21. The molecule has 2 aromatic rings. The summed E-state index contributed by atoms with van der Waals surface area (Å²) in [5, 5.41) is 0. The normalized spacial score (nSPS) is 11.4. The van der Waals surface area contributed by atoms with Crippen LogP contribution in [0.15, 0.2) is 66.4 Å². The summed E-state index contributed by atoms with van der Waals surface area (Å²) in [6.45, 7) is 4.22. The number of benzene rings is 2. The fraction of sp³-hybridized carbons (Fsp3) is 0.348. The first-order valence-corrected chi connectivity index (χ1v) is 9.63. The van der Waals surface area contributed by atoms with Crippen LogP contribution in [-0.4, -0.2) is 33.2 Å². The van der Waals surface area contributed by atoms with Crippen molar-refractivity contribution in [3.05, 3.63) is 66.4 Å². The van der Waals surface area contributed by atoms with Crippen LogP contribution in [0.25, 0.3) is 0 Å². The number of ether oxygens (including phenoxy) is 4. The SMILES string of the molecule is CC=C(CCC)N(C(=O)Oc1cccc(OCC(OC)OC)c1)c1ccccc1. The molecular formula is C23H29NO5. The number of rotatable bonds is 10. The van der Waals surface area contributed by atoms with Gasteiger partial charge >= 0.3 is 6.09 Å². The molecule has 0 atom stereocenters. The van der Waals surface area contributed by atoms with Gasteiger partial charge in [0, 0.05) is 26.0 Å². The van der Waals surface area contributed by atoms with Crippen molar-refractivity contribution >= 4 is 11.8 Å². The predicted molar refractivity (Wildman–Crippen MR) is 113 cm³/mol. The van der Waals surface area contributed by atoms with Crippen molar-refractivity contribution in [1.29, 1.82) is 0 Å². The minimum Gasteiger partial charge on any atom is -0.488 e. The minimum absolute atomic E-state index is 0.222. The van der Waals surface area contributed by atoms with E-state index in [0.29, 0.717) is 11.5 Å². The number of carbonyl (C=O) groups excluding carboxylic acids is 1. The van der Waals surface area contributed by atoms with Gasteiger partial charge in [-0.05, 0) is 37.6 Å². The molecule has 0 bridgehead atoms. The molecule has 0 saturated heterocycles. The molecule has 0 fully saturated rings. The van der Waals surface area contributed by atoms with E-state index < -0.39 is 12.4 Å². The number of allylic oxidation sites excluding steroid dienone is 2. The molecule has 0 aromatic heterocycles. The summed E-state index contributed by atoms with van der Waals surface area (Å²) in [6.07, 6.45) is 2.67. The summed E-state index contributed by atoms with van der Waals surface area (Å²) in [5.74, 6) is 0.951. The zero-order valence-corrected chi connectivity index (χ0v) is 17.5.